The Morgan fingerprint density at radius 3 is 2.57 bits per heavy atom. The SMILES string of the molecule is CCNC(=O)c1ccc(N)c(NCc2ccc(F)cc2)c1. The molecule has 2 aromatic carbocycles. The molecule has 0 saturated carbocycles. The average Bonchev–Trinajstić information content (AvgIpc) is 2.48. The van der Waals surface area contributed by atoms with Gasteiger partial charge in [0.05, 0.1) is 11.4 Å². The lowest BCUT2D eigenvalue weighted by Crippen LogP contribution is -2.22. The number of anilines is 2. The quantitative estimate of drug-likeness (QED) is 0.741. The zero-order chi connectivity index (χ0) is 15.2. The van der Waals surface area contributed by atoms with Gasteiger partial charge >= 0.3 is 0 Å². The van der Waals surface area contributed by atoms with E-state index in [-0.39, 0.29) is 11.7 Å². The van der Waals surface area contributed by atoms with Crippen molar-refractivity contribution in [3.8, 4) is 0 Å². The van der Waals surface area contributed by atoms with E-state index in [0.29, 0.717) is 30.0 Å². The highest BCUT2D eigenvalue weighted by molar-refractivity contribution is 5.96. The van der Waals surface area contributed by atoms with Gasteiger partial charge in [-0.1, -0.05) is 12.1 Å². The van der Waals surface area contributed by atoms with Gasteiger partial charge in [-0.2, -0.15) is 0 Å². The van der Waals surface area contributed by atoms with Gasteiger partial charge < -0.3 is 16.4 Å². The van der Waals surface area contributed by atoms with Gasteiger partial charge in [-0.25, -0.2) is 4.39 Å². The monoisotopic (exact) mass is 287 g/mol. The van der Waals surface area contributed by atoms with Crippen LogP contribution >= 0.6 is 0 Å². The van der Waals surface area contributed by atoms with Crippen LogP contribution in [0.2, 0.25) is 0 Å². The molecule has 0 aliphatic rings. The molecule has 0 aliphatic carbocycles. The number of carbonyl (C=O) groups excluding carboxylic acids is 1. The summed E-state index contributed by atoms with van der Waals surface area (Å²) < 4.78 is 12.8. The molecular formula is C16H18FN3O. The van der Waals surface area contributed by atoms with E-state index in [1.54, 1.807) is 30.3 Å². The molecule has 0 unspecified atom stereocenters. The maximum atomic E-state index is 12.8. The predicted molar refractivity (Wildman–Crippen MR) is 82.6 cm³/mol. The number of rotatable bonds is 5. The highest BCUT2D eigenvalue weighted by Gasteiger charge is 2.07. The van der Waals surface area contributed by atoms with Gasteiger partial charge in [-0.05, 0) is 42.8 Å². The number of benzene rings is 2. The van der Waals surface area contributed by atoms with Crippen molar-refractivity contribution in [3.05, 3.63) is 59.4 Å². The van der Waals surface area contributed by atoms with Crippen LogP contribution < -0.4 is 16.4 Å². The van der Waals surface area contributed by atoms with Crippen LogP contribution in [0.25, 0.3) is 0 Å². The molecule has 21 heavy (non-hydrogen) atoms. The average molecular weight is 287 g/mol. The molecule has 0 spiro atoms. The van der Waals surface area contributed by atoms with Gasteiger partial charge in [0.2, 0.25) is 0 Å². The van der Waals surface area contributed by atoms with Crippen LogP contribution in [-0.2, 0) is 6.54 Å². The van der Waals surface area contributed by atoms with Crippen molar-refractivity contribution >= 4 is 17.3 Å². The molecule has 1 amide bonds. The van der Waals surface area contributed by atoms with Crippen LogP contribution in [0.4, 0.5) is 15.8 Å². The van der Waals surface area contributed by atoms with E-state index in [4.69, 9.17) is 5.73 Å². The highest BCUT2D eigenvalue weighted by Crippen LogP contribution is 2.21. The van der Waals surface area contributed by atoms with Gasteiger partial charge in [0, 0.05) is 18.7 Å². The number of carbonyl (C=O) groups is 1. The van der Waals surface area contributed by atoms with E-state index in [2.05, 4.69) is 10.6 Å². The molecular weight excluding hydrogens is 269 g/mol. The lowest BCUT2D eigenvalue weighted by atomic mass is 10.1. The second-order valence-electron chi connectivity index (χ2n) is 4.64. The third kappa shape index (κ3) is 3.95. The first-order valence-corrected chi connectivity index (χ1v) is 6.76. The van der Waals surface area contributed by atoms with Crippen molar-refractivity contribution in [2.75, 3.05) is 17.6 Å². The Labute approximate surface area is 123 Å². The summed E-state index contributed by atoms with van der Waals surface area (Å²) >= 11 is 0. The summed E-state index contributed by atoms with van der Waals surface area (Å²) in [5.74, 6) is -0.404. The fraction of sp³-hybridized carbons (Fsp3) is 0.188. The minimum absolute atomic E-state index is 0.137. The smallest absolute Gasteiger partial charge is 0.251 e. The molecule has 0 aromatic heterocycles. The second kappa shape index (κ2) is 6.74. The topological polar surface area (TPSA) is 67.2 Å². The van der Waals surface area contributed by atoms with Gasteiger partial charge in [-0.3, -0.25) is 4.79 Å². The molecule has 2 aromatic rings. The number of halogens is 1. The molecule has 0 fully saturated rings. The normalized spacial score (nSPS) is 10.2. The Hall–Kier alpha value is -2.56. The van der Waals surface area contributed by atoms with E-state index in [1.165, 1.54) is 12.1 Å². The van der Waals surface area contributed by atoms with Crippen molar-refractivity contribution in [1.29, 1.82) is 0 Å². The predicted octanol–water partition coefficient (Wildman–Crippen LogP) is 2.77. The molecule has 4 N–H and O–H groups in total. The first-order valence-electron chi connectivity index (χ1n) is 6.76. The summed E-state index contributed by atoms with van der Waals surface area (Å²) in [5, 5.41) is 5.90. The molecule has 0 atom stereocenters. The van der Waals surface area contributed by atoms with Crippen molar-refractivity contribution in [3.63, 3.8) is 0 Å². The second-order valence-corrected chi connectivity index (χ2v) is 4.64. The minimum atomic E-state index is -0.267. The highest BCUT2D eigenvalue weighted by atomic mass is 19.1. The number of nitrogens with two attached hydrogens (primary N) is 1. The number of hydrogen-bond acceptors (Lipinski definition) is 3. The van der Waals surface area contributed by atoms with Crippen LogP contribution in [-0.4, -0.2) is 12.5 Å². The third-order valence-corrected chi connectivity index (χ3v) is 3.05. The molecule has 0 heterocycles. The molecule has 110 valence electrons. The summed E-state index contributed by atoms with van der Waals surface area (Å²) in [6, 6.07) is 11.3. The summed E-state index contributed by atoms with van der Waals surface area (Å²) in [7, 11) is 0. The third-order valence-electron chi connectivity index (χ3n) is 3.05. The first-order chi connectivity index (χ1) is 10.1. The van der Waals surface area contributed by atoms with Gasteiger partial charge in [0.25, 0.3) is 5.91 Å². The Kier molecular flexibility index (Phi) is 4.77. The number of nitrogens with one attached hydrogen (secondary N) is 2. The van der Waals surface area contributed by atoms with Crippen molar-refractivity contribution in [2.24, 2.45) is 0 Å². The van der Waals surface area contributed by atoms with Crippen LogP contribution in [0.15, 0.2) is 42.5 Å². The number of nitrogen functional groups attached to an aromatic ring is 1. The van der Waals surface area contributed by atoms with E-state index in [1.807, 2.05) is 6.92 Å². The molecule has 0 radical (unpaired) electrons. The van der Waals surface area contributed by atoms with Crippen molar-refractivity contribution < 1.29 is 9.18 Å². The largest absolute Gasteiger partial charge is 0.397 e. The molecule has 4 nitrogen and oxygen atoms in total. The lowest BCUT2D eigenvalue weighted by molar-refractivity contribution is 0.0956. The zero-order valence-electron chi connectivity index (χ0n) is 11.8. The Morgan fingerprint density at radius 1 is 1.19 bits per heavy atom. The molecule has 0 bridgehead atoms. The van der Waals surface area contributed by atoms with Crippen molar-refractivity contribution in [2.45, 2.75) is 13.5 Å². The molecule has 0 saturated heterocycles. The number of amides is 1. The van der Waals surface area contributed by atoms with Crippen LogP contribution in [0, 0.1) is 5.82 Å². The van der Waals surface area contributed by atoms with E-state index in [9.17, 15) is 9.18 Å². The first kappa shape index (κ1) is 14.8. The van der Waals surface area contributed by atoms with E-state index >= 15 is 0 Å². The number of hydrogen-bond donors (Lipinski definition) is 3. The van der Waals surface area contributed by atoms with E-state index in [0.717, 1.165) is 5.56 Å². The van der Waals surface area contributed by atoms with Crippen LogP contribution in [0.1, 0.15) is 22.8 Å². The van der Waals surface area contributed by atoms with Crippen LogP contribution in [0.5, 0.6) is 0 Å². The van der Waals surface area contributed by atoms with Gasteiger partial charge in [-0.15, -0.1) is 0 Å². The van der Waals surface area contributed by atoms with Crippen molar-refractivity contribution in [1.82, 2.24) is 5.32 Å². The summed E-state index contributed by atoms with van der Waals surface area (Å²) in [6.07, 6.45) is 0. The molecule has 5 heteroatoms. The Balaban J connectivity index is 2.10. The van der Waals surface area contributed by atoms with Gasteiger partial charge in [0.15, 0.2) is 0 Å². The zero-order valence-corrected chi connectivity index (χ0v) is 11.8. The maximum absolute atomic E-state index is 12.8. The summed E-state index contributed by atoms with van der Waals surface area (Å²) in [5.41, 5.74) is 8.62. The minimum Gasteiger partial charge on any atom is -0.397 e. The Bertz CT molecular complexity index is 626. The van der Waals surface area contributed by atoms with Crippen LogP contribution in [0.3, 0.4) is 0 Å². The fourth-order valence-corrected chi connectivity index (χ4v) is 1.91. The standard InChI is InChI=1S/C16H18FN3O/c1-2-19-16(21)12-5-8-14(18)15(9-12)20-10-11-3-6-13(17)7-4-11/h3-9,20H,2,10,18H2,1H3,(H,19,21). The maximum Gasteiger partial charge on any atom is 0.251 e. The summed E-state index contributed by atoms with van der Waals surface area (Å²) in [4.78, 5) is 11.8. The fourth-order valence-electron chi connectivity index (χ4n) is 1.91. The summed E-state index contributed by atoms with van der Waals surface area (Å²) in [6.45, 7) is 2.94. The molecule has 2 rings (SSSR count). The van der Waals surface area contributed by atoms with Gasteiger partial charge in [0.1, 0.15) is 5.82 Å². The lowest BCUT2D eigenvalue weighted by Gasteiger charge is -2.11. The van der Waals surface area contributed by atoms with E-state index < -0.39 is 0 Å². The molecule has 0 aliphatic heterocycles. The Morgan fingerprint density at radius 2 is 1.90 bits per heavy atom.